The summed E-state index contributed by atoms with van der Waals surface area (Å²) in [6.45, 7) is 3.72. The smallest absolute Gasteiger partial charge is 0.336 e. The summed E-state index contributed by atoms with van der Waals surface area (Å²) < 4.78 is 5.01. The van der Waals surface area contributed by atoms with E-state index in [4.69, 9.17) is 4.74 Å². The first-order chi connectivity index (χ1) is 16.3. The number of aromatic nitrogens is 2. The van der Waals surface area contributed by atoms with Crippen molar-refractivity contribution in [3.05, 3.63) is 103 Å². The highest BCUT2D eigenvalue weighted by atomic mass is 32.2. The van der Waals surface area contributed by atoms with E-state index in [1.807, 2.05) is 31.2 Å². The zero-order valence-corrected chi connectivity index (χ0v) is 19.6. The van der Waals surface area contributed by atoms with E-state index in [0.717, 1.165) is 16.7 Å². The summed E-state index contributed by atoms with van der Waals surface area (Å²) in [5.41, 5.74) is 3.62. The minimum atomic E-state index is -0.630. The number of aromatic amines is 1. The van der Waals surface area contributed by atoms with Gasteiger partial charge in [-0.05, 0) is 25.0 Å². The van der Waals surface area contributed by atoms with Crippen LogP contribution in [0, 0.1) is 17.0 Å². The molecule has 1 unspecified atom stereocenters. The van der Waals surface area contributed by atoms with Crippen LogP contribution in [0.3, 0.4) is 0 Å². The summed E-state index contributed by atoms with van der Waals surface area (Å²) >= 11 is 1.30. The molecule has 4 rings (SSSR count). The number of anilines is 1. The molecule has 0 radical (unpaired) electrons. The fraction of sp³-hybridized carbons (Fsp3) is 0.208. The SMILES string of the molecule is COC(=O)C1=C(C)Nc2nc(SCc3ccc([N+](=O)[O-])cc3)[nH]c(=O)c2C1c1ccc(C)cc1. The number of ether oxygens (including phenoxy) is 1. The second kappa shape index (κ2) is 9.52. The van der Waals surface area contributed by atoms with Crippen LogP contribution in [0.15, 0.2) is 69.8 Å². The van der Waals surface area contributed by atoms with E-state index in [1.165, 1.54) is 31.0 Å². The first-order valence-electron chi connectivity index (χ1n) is 10.4. The molecule has 0 aliphatic carbocycles. The lowest BCUT2D eigenvalue weighted by Crippen LogP contribution is -2.31. The Kier molecular flexibility index (Phi) is 6.51. The molecule has 2 heterocycles. The van der Waals surface area contributed by atoms with Gasteiger partial charge in [-0.25, -0.2) is 9.78 Å². The van der Waals surface area contributed by atoms with Crippen LogP contribution in [0.4, 0.5) is 11.5 Å². The molecule has 174 valence electrons. The molecular formula is C24H22N4O5S. The quantitative estimate of drug-likeness (QED) is 0.177. The number of allylic oxidation sites excluding steroid dienone is 1. The number of rotatable bonds is 6. The number of hydrogen-bond donors (Lipinski definition) is 2. The number of thioether (sulfide) groups is 1. The third-order valence-corrected chi connectivity index (χ3v) is 6.50. The molecule has 9 nitrogen and oxygen atoms in total. The molecule has 3 aromatic rings. The van der Waals surface area contributed by atoms with Crippen LogP contribution in [0.2, 0.25) is 0 Å². The third-order valence-electron chi connectivity index (χ3n) is 5.56. The first-order valence-corrected chi connectivity index (χ1v) is 11.4. The van der Waals surface area contributed by atoms with Crippen LogP contribution in [-0.4, -0.2) is 28.0 Å². The second-order valence-electron chi connectivity index (χ2n) is 7.84. The first kappa shape index (κ1) is 23.2. The Morgan fingerprint density at radius 1 is 1.15 bits per heavy atom. The molecule has 1 aromatic heterocycles. The highest BCUT2D eigenvalue weighted by Crippen LogP contribution is 2.40. The minimum Gasteiger partial charge on any atom is -0.466 e. The van der Waals surface area contributed by atoms with Crippen molar-refractivity contribution in [3.63, 3.8) is 0 Å². The maximum absolute atomic E-state index is 13.2. The van der Waals surface area contributed by atoms with Gasteiger partial charge in [0.25, 0.3) is 11.2 Å². The minimum absolute atomic E-state index is 0.0177. The monoisotopic (exact) mass is 478 g/mol. The number of nitrogens with one attached hydrogen (secondary N) is 2. The van der Waals surface area contributed by atoms with Crippen molar-refractivity contribution < 1.29 is 14.5 Å². The van der Waals surface area contributed by atoms with Gasteiger partial charge in [-0.15, -0.1) is 0 Å². The van der Waals surface area contributed by atoms with E-state index in [-0.39, 0.29) is 11.2 Å². The number of benzene rings is 2. The van der Waals surface area contributed by atoms with Gasteiger partial charge in [-0.3, -0.25) is 14.9 Å². The summed E-state index contributed by atoms with van der Waals surface area (Å²) in [5.74, 6) is -0.305. The van der Waals surface area contributed by atoms with E-state index in [2.05, 4.69) is 15.3 Å². The van der Waals surface area contributed by atoms with Crippen molar-refractivity contribution in [2.75, 3.05) is 12.4 Å². The number of methoxy groups -OCH3 is 1. The lowest BCUT2D eigenvalue weighted by atomic mass is 9.82. The number of nitro groups is 1. The molecule has 0 bridgehead atoms. The molecule has 2 aromatic carbocycles. The highest BCUT2D eigenvalue weighted by molar-refractivity contribution is 7.98. The number of non-ortho nitro benzene ring substituents is 1. The standard InChI is InChI=1S/C24H22N4O5S/c1-13-4-8-16(9-5-13)19-18(23(30)33-3)14(2)25-21-20(19)22(29)27-24(26-21)34-12-15-6-10-17(11-7-15)28(31)32/h4-11,19H,12H2,1-3H3,(H2,25,26,27,29). The molecule has 0 saturated carbocycles. The predicted octanol–water partition coefficient (Wildman–Crippen LogP) is 4.28. The summed E-state index contributed by atoms with van der Waals surface area (Å²) in [6.07, 6.45) is 0. The average Bonchev–Trinajstić information content (AvgIpc) is 2.82. The topological polar surface area (TPSA) is 127 Å². The molecule has 34 heavy (non-hydrogen) atoms. The summed E-state index contributed by atoms with van der Waals surface area (Å²) in [6, 6.07) is 13.9. The van der Waals surface area contributed by atoms with Gasteiger partial charge in [0.15, 0.2) is 5.16 Å². The van der Waals surface area contributed by atoms with Crippen LogP contribution in [0.25, 0.3) is 0 Å². The molecule has 10 heteroatoms. The van der Waals surface area contributed by atoms with E-state index >= 15 is 0 Å². The molecule has 0 amide bonds. The van der Waals surface area contributed by atoms with Gasteiger partial charge in [-0.1, -0.05) is 53.7 Å². The Labute approximate surface area is 199 Å². The summed E-state index contributed by atoms with van der Waals surface area (Å²) in [7, 11) is 1.31. The maximum Gasteiger partial charge on any atom is 0.336 e. The fourth-order valence-corrected chi connectivity index (χ4v) is 4.65. The molecular weight excluding hydrogens is 456 g/mol. The number of H-pyrrole nitrogens is 1. The lowest BCUT2D eigenvalue weighted by molar-refractivity contribution is -0.384. The number of hydrogen-bond acceptors (Lipinski definition) is 8. The average molecular weight is 479 g/mol. The summed E-state index contributed by atoms with van der Waals surface area (Å²) in [4.78, 5) is 43.7. The Bertz CT molecular complexity index is 1350. The zero-order chi connectivity index (χ0) is 24.4. The molecule has 0 spiro atoms. The number of carbonyl (C=O) groups excluding carboxylic acids is 1. The third kappa shape index (κ3) is 4.58. The van der Waals surface area contributed by atoms with Crippen LogP contribution in [0.1, 0.15) is 35.1 Å². The van der Waals surface area contributed by atoms with Crippen molar-refractivity contribution in [3.8, 4) is 0 Å². The maximum atomic E-state index is 13.2. The molecule has 1 atom stereocenters. The Hall–Kier alpha value is -3.92. The number of esters is 1. The van der Waals surface area contributed by atoms with Gasteiger partial charge in [0.2, 0.25) is 0 Å². The van der Waals surface area contributed by atoms with Crippen LogP contribution < -0.4 is 10.9 Å². The van der Waals surface area contributed by atoms with E-state index in [1.54, 1.807) is 19.1 Å². The second-order valence-corrected chi connectivity index (χ2v) is 8.81. The van der Waals surface area contributed by atoms with E-state index < -0.39 is 16.8 Å². The number of carbonyl (C=O) groups is 1. The van der Waals surface area contributed by atoms with Gasteiger partial charge in [-0.2, -0.15) is 0 Å². The number of aryl methyl sites for hydroxylation is 1. The lowest BCUT2D eigenvalue weighted by Gasteiger charge is -2.28. The zero-order valence-electron chi connectivity index (χ0n) is 18.7. The Balaban J connectivity index is 1.69. The number of fused-ring (bicyclic) bond motifs is 1. The van der Waals surface area contributed by atoms with E-state index in [9.17, 15) is 19.7 Å². The molecule has 1 aliphatic rings. The van der Waals surface area contributed by atoms with Gasteiger partial charge in [0.05, 0.1) is 29.1 Å². The van der Waals surface area contributed by atoms with Gasteiger partial charge < -0.3 is 15.0 Å². The van der Waals surface area contributed by atoms with Crippen molar-refractivity contribution in [1.82, 2.24) is 9.97 Å². The van der Waals surface area contributed by atoms with Crippen molar-refractivity contribution in [1.29, 1.82) is 0 Å². The van der Waals surface area contributed by atoms with Crippen LogP contribution in [0.5, 0.6) is 0 Å². The Morgan fingerprint density at radius 3 is 2.44 bits per heavy atom. The van der Waals surface area contributed by atoms with Crippen molar-refractivity contribution in [2.24, 2.45) is 0 Å². The predicted molar refractivity (Wildman–Crippen MR) is 129 cm³/mol. The fourth-order valence-electron chi connectivity index (χ4n) is 3.84. The van der Waals surface area contributed by atoms with Crippen molar-refractivity contribution >= 4 is 29.2 Å². The number of nitro benzene ring substituents is 1. The Morgan fingerprint density at radius 2 is 1.82 bits per heavy atom. The van der Waals surface area contributed by atoms with Gasteiger partial charge >= 0.3 is 5.97 Å². The van der Waals surface area contributed by atoms with Gasteiger partial charge in [0, 0.05) is 23.6 Å². The number of nitrogens with zero attached hydrogens (tertiary/aromatic N) is 2. The molecule has 2 N–H and O–H groups in total. The largest absolute Gasteiger partial charge is 0.466 e. The van der Waals surface area contributed by atoms with Crippen LogP contribution >= 0.6 is 11.8 Å². The molecule has 0 saturated heterocycles. The molecule has 0 fully saturated rings. The summed E-state index contributed by atoms with van der Waals surface area (Å²) in [5, 5.41) is 14.3. The molecule has 1 aliphatic heterocycles. The highest BCUT2D eigenvalue weighted by Gasteiger charge is 2.36. The normalized spacial score (nSPS) is 14.9. The van der Waals surface area contributed by atoms with Gasteiger partial charge in [0.1, 0.15) is 5.82 Å². The van der Waals surface area contributed by atoms with Crippen LogP contribution in [-0.2, 0) is 15.3 Å². The van der Waals surface area contributed by atoms with Crippen molar-refractivity contribution in [2.45, 2.75) is 30.7 Å². The van der Waals surface area contributed by atoms with E-state index in [0.29, 0.717) is 33.6 Å².